The van der Waals surface area contributed by atoms with Crippen LogP contribution in [0.25, 0.3) is 10.8 Å². The highest BCUT2D eigenvalue weighted by atomic mass is 16.5. The Hall–Kier alpha value is -3.54. The maximum Gasteiger partial charge on any atom is 0.303 e. The van der Waals surface area contributed by atoms with E-state index in [-0.39, 0.29) is 12.3 Å². The molecular formula is C25H26N2O4. The quantitative estimate of drug-likeness (QED) is 0.587. The van der Waals surface area contributed by atoms with Crippen molar-refractivity contribution in [1.29, 1.82) is 0 Å². The maximum absolute atomic E-state index is 13.2. The summed E-state index contributed by atoms with van der Waals surface area (Å²) in [6, 6.07) is 21.7. The average molecular weight is 418 g/mol. The first-order valence-electron chi connectivity index (χ1n) is 10.6. The Balaban J connectivity index is 1.37. The fraction of sp³-hybridized carbons (Fsp3) is 0.280. The van der Waals surface area contributed by atoms with Gasteiger partial charge in [0.15, 0.2) is 0 Å². The van der Waals surface area contributed by atoms with E-state index in [1.54, 1.807) is 0 Å². The van der Waals surface area contributed by atoms with E-state index in [0.29, 0.717) is 26.1 Å². The number of hydrogen-bond donors (Lipinski definition) is 1. The van der Waals surface area contributed by atoms with Crippen molar-refractivity contribution in [3.05, 3.63) is 72.3 Å². The van der Waals surface area contributed by atoms with Gasteiger partial charge in [-0.15, -0.1) is 0 Å². The first kappa shape index (κ1) is 20.7. The number of benzene rings is 3. The molecule has 1 aliphatic rings. The number of piperazine rings is 1. The fourth-order valence-electron chi connectivity index (χ4n) is 3.93. The number of rotatable bonds is 7. The summed E-state index contributed by atoms with van der Waals surface area (Å²) in [5.41, 5.74) is 1.80. The van der Waals surface area contributed by atoms with Crippen LogP contribution in [0.5, 0.6) is 5.75 Å². The number of amides is 1. The van der Waals surface area contributed by atoms with Gasteiger partial charge in [0.2, 0.25) is 0 Å². The summed E-state index contributed by atoms with van der Waals surface area (Å²) in [6.07, 6.45) is 0.584. The predicted molar refractivity (Wildman–Crippen MR) is 121 cm³/mol. The van der Waals surface area contributed by atoms with Crippen molar-refractivity contribution < 1.29 is 19.4 Å². The number of carboxylic acid groups (broad SMARTS) is 1. The number of aliphatic carboxylic acids is 1. The van der Waals surface area contributed by atoms with E-state index in [0.717, 1.165) is 40.9 Å². The van der Waals surface area contributed by atoms with Gasteiger partial charge in [0.05, 0.1) is 6.61 Å². The number of carbonyl (C=O) groups excluding carboxylic acids is 1. The van der Waals surface area contributed by atoms with E-state index in [2.05, 4.69) is 4.90 Å². The van der Waals surface area contributed by atoms with Crippen LogP contribution < -0.4 is 9.64 Å². The van der Waals surface area contributed by atoms with Gasteiger partial charge in [-0.05, 0) is 35.4 Å². The molecule has 0 unspecified atom stereocenters. The zero-order chi connectivity index (χ0) is 21.6. The zero-order valence-corrected chi connectivity index (χ0v) is 17.4. The van der Waals surface area contributed by atoms with Gasteiger partial charge in [-0.2, -0.15) is 0 Å². The molecule has 31 heavy (non-hydrogen) atoms. The maximum atomic E-state index is 13.2. The second kappa shape index (κ2) is 9.51. The molecule has 1 saturated heterocycles. The van der Waals surface area contributed by atoms with Gasteiger partial charge in [-0.1, -0.05) is 42.5 Å². The minimum atomic E-state index is -0.812. The summed E-state index contributed by atoms with van der Waals surface area (Å²) < 4.78 is 5.69. The summed E-state index contributed by atoms with van der Waals surface area (Å²) in [7, 11) is 0. The van der Waals surface area contributed by atoms with Crippen molar-refractivity contribution >= 4 is 28.3 Å². The van der Waals surface area contributed by atoms with Crippen molar-refractivity contribution in [2.45, 2.75) is 12.8 Å². The monoisotopic (exact) mass is 418 g/mol. The first-order chi connectivity index (χ1) is 15.1. The summed E-state index contributed by atoms with van der Waals surface area (Å²) in [5, 5.41) is 10.8. The Bertz CT molecular complexity index is 1070. The lowest BCUT2D eigenvalue weighted by Crippen LogP contribution is -2.48. The number of fused-ring (bicyclic) bond motifs is 1. The summed E-state index contributed by atoms with van der Waals surface area (Å²) in [5.74, 6) is -0.00242. The number of anilines is 1. The SMILES string of the molecule is O=C(O)CCCOc1cccc(N2CCN(C(=O)c3cccc4ccccc34)CC2)c1. The predicted octanol–water partition coefficient (Wildman–Crippen LogP) is 4.05. The van der Waals surface area contributed by atoms with Crippen LogP contribution in [0.1, 0.15) is 23.2 Å². The summed E-state index contributed by atoms with van der Waals surface area (Å²) in [6.45, 7) is 3.19. The molecule has 0 radical (unpaired) electrons. The average Bonchev–Trinajstić information content (AvgIpc) is 2.81. The molecule has 1 amide bonds. The third kappa shape index (κ3) is 4.97. The van der Waals surface area contributed by atoms with Crippen LogP contribution in [0.15, 0.2) is 66.7 Å². The van der Waals surface area contributed by atoms with Crippen LogP contribution in [0.3, 0.4) is 0 Å². The molecule has 0 atom stereocenters. The topological polar surface area (TPSA) is 70.1 Å². The lowest BCUT2D eigenvalue weighted by atomic mass is 10.0. The van der Waals surface area contributed by atoms with Crippen LogP contribution in [0, 0.1) is 0 Å². The zero-order valence-electron chi connectivity index (χ0n) is 17.4. The van der Waals surface area contributed by atoms with Gasteiger partial charge in [-0.3, -0.25) is 9.59 Å². The molecule has 0 aliphatic carbocycles. The van der Waals surface area contributed by atoms with Crippen molar-refractivity contribution in [2.75, 3.05) is 37.7 Å². The molecule has 1 fully saturated rings. The van der Waals surface area contributed by atoms with Gasteiger partial charge in [0.1, 0.15) is 5.75 Å². The first-order valence-corrected chi connectivity index (χ1v) is 10.6. The molecule has 3 aromatic carbocycles. The number of nitrogens with zero attached hydrogens (tertiary/aromatic N) is 2. The number of ether oxygens (including phenoxy) is 1. The minimum absolute atomic E-state index is 0.0759. The Kier molecular flexibility index (Phi) is 6.36. The Morgan fingerprint density at radius 2 is 1.65 bits per heavy atom. The summed E-state index contributed by atoms with van der Waals surface area (Å²) >= 11 is 0. The van der Waals surface area contributed by atoms with Crippen molar-refractivity contribution in [2.24, 2.45) is 0 Å². The van der Waals surface area contributed by atoms with Crippen LogP contribution in [0.4, 0.5) is 5.69 Å². The van der Waals surface area contributed by atoms with Gasteiger partial charge in [0, 0.05) is 49.9 Å². The molecule has 0 spiro atoms. The molecule has 160 valence electrons. The van der Waals surface area contributed by atoms with E-state index >= 15 is 0 Å². The van der Waals surface area contributed by atoms with E-state index < -0.39 is 5.97 Å². The molecule has 1 N–H and O–H groups in total. The minimum Gasteiger partial charge on any atom is -0.494 e. The van der Waals surface area contributed by atoms with Crippen molar-refractivity contribution in [3.63, 3.8) is 0 Å². The van der Waals surface area contributed by atoms with Crippen LogP contribution in [-0.4, -0.2) is 54.7 Å². The molecule has 0 aromatic heterocycles. The second-order valence-corrected chi connectivity index (χ2v) is 7.65. The molecule has 6 nitrogen and oxygen atoms in total. The molecule has 6 heteroatoms. The number of hydrogen-bond acceptors (Lipinski definition) is 4. The Morgan fingerprint density at radius 1 is 0.903 bits per heavy atom. The smallest absolute Gasteiger partial charge is 0.303 e. The fourth-order valence-corrected chi connectivity index (χ4v) is 3.93. The largest absolute Gasteiger partial charge is 0.494 e. The molecule has 1 aliphatic heterocycles. The molecule has 3 aromatic rings. The second-order valence-electron chi connectivity index (χ2n) is 7.65. The number of carboxylic acids is 1. The highest BCUT2D eigenvalue weighted by molar-refractivity contribution is 6.07. The lowest BCUT2D eigenvalue weighted by Gasteiger charge is -2.36. The highest BCUT2D eigenvalue weighted by Crippen LogP contribution is 2.24. The van der Waals surface area contributed by atoms with Gasteiger partial charge in [-0.25, -0.2) is 0 Å². The van der Waals surface area contributed by atoms with Crippen LogP contribution in [-0.2, 0) is 4.79 Å². The normalized spacial score (nSPS) is 13.9. The summed E-state index contributed by atoms with van der Waals surface area (Å²) in [4.78, 5) is 27.9. The third-order valence-corrected chi connectivity index (χ3v) is 5.57. The van der Waals surface area contributed by atoms with Gasteiger partial charge in [0.25, 0.3) is 5.91 Å². The molecular weight excluding hydrogens is 392 g/mol. The van der Waals surface area contributed by atoms with E-state index in [9.17, 15) is 9.59 Å². The molecule has 0 saturated carbocycles. The molecule has 0 bridgehead atoms. The van der Waals surface area contributed by atoms with Crippen LogP contribution in [0.2, 0.25) is 0 Å². The molecule has 1 heterocycles. The van der Waals surface area contributed by atoms with E-state index in [1.807, 2.05) is 71.6 Å². The standard InChI is InChI=1S/C25H26N2O4/c28-24(29)12-5-17-31-21-9-4-8-20(18-21)26-13-15-27(16-14-26)25(30)23-11-3-7-19-6-1-2-10-22(19)23/h1-4,6-11,18H,5,12-17H2,(H,28,29). The molecule has 4 rings (SSSR count). The van der Waals surface area contributed by atoms with E-state index in [1.165, 1.54) is 0 Å². The Labute approximate surface area is 181 Å². The van der Waals surface area contributed by atoms with Crippen LogP contribution >= 0.6 is 0 Å². The number of carbonyl (C=O) groups is 2. The van der Waals surface area contributed by atoms with Crippen molar-refractivity contribution in [1.82, 2.24) is 4.90 Å². The van der Waals surface area contributed by atoms with Crippen molar-refractivity contribution in [3.8, 4) is 5.75 Å². The highest BCUT2D eigenvalue weighted by Gasteiger charge is 2.23. The third-order valence-electron chi connectivity index (χ3n) is 5.57. The Morgan fingerprint density at radius 3 is 2.45 bits per heavy atom. The van der Waals surface area contributed by atoms with Gasteiger partial charge >= 0.3 is 5.97 Å². The van der Waals surface area contributed by atoms with E-state index in [4.69, 9.17) is 9.84 Å². The lowest BCUT2D eigenvalue weighted by molar-refractivity contribution is -0.137. The van der Waals surface area contributed by atoms with Gasteiger partial charge < -0.3 is 19.6 Å².